The number of para-hydroxylation sites is 1. The minimum absolute atomic E-state index is 0.00228. The number of fused-ring (bicyclic) bond motifs is 5. The van der Waals surface area contributed by atoms with Gasteiger partial charge in [0, 0.05) is 18.3 Å². The van der Waals surface area contributed by atoms with Crippen molar-refractivity contribution in [2.45, 2.75) is 12.5 Å². The van der Waals surface area contributed by atoms with Crippen LogP contribution in [0.2, 0.25) is 0 Å². The van der Waals surface area contributed by atoms with Gasteiger partial charge >= 0.3 is 5.97 Å². The Morgan fingerprint density at radius 3 is 2.76 bits per heavy atom. The summed E-state index contributed by atoms with van der Waals surface area (Å²) < 4.78 is 25.2. The molecule has 0 aliphatic carbocycles. The molecule has 0 saturated carbocycles. The van der Waals surface area contributed by atoms with Gasteiger partial charge in [0.1, 0.15) is 22.9 Å². The Balaban J connectivity index is 1.69. The van der Waals surface area contributed by atoms with Crippen molar-refractivity contribution in [3.8, 4) is 0 Å². The van der Waals surface area contributed by atoms with E-state index in [1.807, 2.05) is 0 Å². The number of carbonyl (C=O) groups is 3. The monoisotopic (exact) mass is 531 g/mol. The van der Waals surface area contributed by atoms with E-state index in [0.29, 0.717) is 11.3 Å². The van der Waals surface area contributed by atoms with E-state index in [9.17, 15) is 23.6 Å². The Morgan fingerprint density at radius 2 is 2.00 bits per heavy atom. The molecular formula is C27H18FN3O6S. The van der Waals surface area contributed by atoms with Gasteiger partial charge < -0.3 is 14.1 Å². The lowest BCUT2D eigenvalue weighted by Gasteiger charge is -2.31. The number of aromatic nitrogens is 1. The van der Waals surface area contributed by atoms with Crippen LogP contribution >= 0.6 is 11.3 Å². The number of esters is 1. The molecule has 9 nitrogen and oxygen atoms in total. The molecule has 2 amide bonds. The molecule has 6 rings (SSSR count). The van der Waals surface area contributed by atoms with Gasteiger partial charge in [0.2, 0.25) is 5.76 Å². The maximum atomic E-state index is 14.2. The molecule has 4 heterocycles. The third kappa shape index (κ3) is 2.93. The first-order valence-electron chi connectivity index (χ1n) is 11.5. The molecule has 0 radical (unpaired) electrons. The summed E-state index contributed by atoms with van der Waals surface area (Å²) in [5, 5.41) is -0.112. The van der Waals surface area contributed by atoms with E-state index in [2.05, 4.69) is 11.6 Å². The van der Waals surface area contributed by atoms with E-state index in [0.717, 1.165) is 28.4 Å². The number of rotatable bonds is 4. The van der Waals surface area contributed by atoms with Crippen LogP contribution in [0.25, 0.3) is 11.0 Å². The smallest absolute Gasteiger partial charge is 0.350 e. The van der Waals surface area contributed by atoms with Crippen molar-refractivity contribution in [2.24, 2.45) is 0 Å². The second-order valence-corrected chi connectivity index (χ2v) is 9.78. The molecular weight excluding hydrogens is 513 g/mol. The molecule has 11 heteroatoms. The molecule has 0 fully saturated rings. The summed E-state index contributed by atoms with van der Waals surface area (Å²) in [5.41, 5.74) is -1.83. The van der Waals surface area contributed by atoms with E-state index in [1.165, 1.54) is 24.1 Å². The molecule has 1 unspecified atom stereocenters. The van der Waals surface area contributed by atoms with Crippen LogP contribution in [0, 0.1) is 12.7 Å². The molecule has 2 aliphatic heterocycles. The number of carbonyl (C=O) groups excluding carboxylic acids is 3. The lowest BCUT2D eigenvalue weighted by Crippen LogP contribution is -2.53. The maximum absolute atomic E-state index is 14.2. The van der Waals surface area contributed by atoms with Crippen LogP contribution in [0.15, 0.2) is 64.3 Å². The minimum Gasteiger partial charge on any atom is -0.457 e. The summed E-state index contributed by atoms with van der Waals surface area (Å²) in [7, 11) is 1.53. The topological polar surface area (TPSA) is 110 Å². The number of ether oxygens (including phenoxy) is 1. The quantitative estimate of drug-likeness (QED) is 0.290. The van der Waals surface area contributed by atoms with E-state index < -0.39 is 34.6 Å². The number of nitrogens with zero attached hydrogens (tertiary/aromatic N) is 3. The maximum Gasteiger partial charge on any atom is 0.350 e. The van der Waals surface area contributed by atoms with Crippen molar-refractivity contribution in [1.82, 2.24) is 4.98 Å². The highest BCUT2D eigenvalue weighted by Gasteiger charge is 2.66. The van der Waals surface area contributed by atoms with Gasteiger partial charge in [-0.25, -0.2) is 14.2 Å². The van der Waals surface area contributed by atoms with Gasteiger partial charge in [-0.1, -0.05) is 42.2 Å². The normalized spacial score (nSPS) is 17.9. The van der Waals surface area contributed by atoms with E-state index >= 15 is 0 Å². The largest absolute Gasteiger partial charge is 0.457 e. The Bertz CT molecular complexity index is 1790. The Morgan fingerprint density at radius 1 is 1.24 bits per heavy atom. The average Bonchev–Trinajstić information content (AvgIpc) is 3.49. The van der Waals surface area contributed by atoms with Crippen LogP contribution in [0.1, 0.15) is 37.0 Å². The van der Waals surface area contributed by atoms with E-state index in [1.54, 1.807) is 31.2 Å². The van der Waals surface area contributed by atoms with Crippen molar-refractivity contribution >= 4 is 50.9 Å². The van der Waals surface area contributed by atoms with Crippen LogP contribution < -0.4 is 15.2 Å². The van der Waals surface area contributed by atoms with Crippen molar-refractivity contribution in [3.05, 3.63) is 98.6 Å². The highest BCUT2D eigenvalue weighted by molar-refractivity contribution is 7.17. The zero-order valence-electron chi connectivity index (χ0n) is 20.1. The Hall–Kier alpha value is -4.64. The molecule has 1 spiro atoms. The Labute approximate surface area is 218 Å². The molecule has 0 N–H and O–H groups in total. The summed E-state index contributed by atoms with van der Waals surface area (Å²) in [5.74, 6) is -3.08. The van der Waals surface area contributed by atoms with Gasteiger partial charge in [0.05, 0.1) is 16.6 Å². The van der Waals surface area contributed by atoms with Gasteiger partial charge in [0.15, 0.2) is 16.1 Å². The van der Waals surface area contributed by atoms with Crippen LogP contribution in [-0.2, 0) is 15.1 Å². The zero-order chi connectivity index (χ0) is 26.9. The number of thiazole rings is 1. The lowest BCUT2D eigenvalue weighted by atomic mass is 9.84. The average molecular weight is 532 g/mol. The van der Waals surface area contributed by atoms with Gasteiger partial charge in [-0.3, -0.25) is 19.3 Å². The Kier molecular flexibility index (Phi) is 5.11. The molecule has 190 valence electrons. The summed E-state index contributed by atoms with van der Waals surface area (Å²) in [6.07, 6.45) is 1.42. The summed E-state index contributed by atoms with van der Waals surface area (Å²) in [4.78, 5) is 61.8. The second kappa shape index (κ2) is 8.18. The number of hydrogen-bond donors (Lipinski definition) is 0. The van der Waals surface area contributed by atoms with Crippen LogP contribution in [0.3, 0.4) is 0 Å². The van der Waals surface area contributed by atoms with Crippen molar-refractivity contribution in [3.63, 3.8) is 0 Å². The third-order valence-electron chi connectivity index (χ3n) is 6.71. The first-order valence-corrected chi connectivity index (χ1v) is 12.3. The molecule has 2 aromatic heterocycles. The molecule has 4 aromatic rings. The SMILES string of the molecule is C=CCOC(=O)c1sc(N2C(=O)c3oc4ccc(F)cc4c(=O)c3C23C(=O)N(C)c2ccccc23)nc1C. The number of benzene rings is 2. The summed E-state index contributed by atoms with van der Waals surface area (Å²) in [6.45, 7) is 5.07. The predicted octanol–water partition coefficient (Wildman–Crippen LogP) is 3.92. The fraction of sp³-hybridized carbons (Fsp3) is 0.148. The molecule has 0 saturated heterocycles. The number of halogens is 1. The van der Waals surface area contributed by atoms with E-state index in [4.69, 9.17) is 9.15 Å². The summed E-state index contributed by atoms with van der Waals surface area (Å²) in [6, 6.07) is 10.1. The first-order chi connectivity index (χ1) is 18.2. The lowest BCUT2D eigenvalue weighted by molar-refractivity contribution is -0.121. The number of anilines is 2. The molecule has 1 atom stereocenters. The highest BCUT2D eigenvalue weighted by Crippen LogP contribution is 2.54. The number of hydrogen-bond acceptors (Lipinski definition) is 8. The molecule has 2 aliphatic rings. The van der Waals surface area contributed by atoms with Gasteiger partial charge in [-0.15, -0.1) is 0 Å². The van der Waals surface area contributed by atoms with Gasteiger partial charge in [-0.2, -0.15) is 0 Å². The van der Waals surface area contributed by atoms with Crippen LogP contribution in [0.5, 0.6) is 0 Å². The first kappa shape index (κ1) is 23.7. The fourth-order valence-electron chi connectivity index (χ4n) is 5.11. The number of aryl methyl sites for hydroxylation is 1. The van der Waals surface area contributed by atoms with E-state index in [-0.39, 0.29) is 44.6 Å². The van der Waals surface area contributed by atoms with Crippen LogP contribution in [0.4, 0.5) is 15.2 Å². The standard InChI is InChI=1S/C27H18FN3O6S/c1-4-11-36-24(34)22-13(2)29-26(38-22)31-23(33)21-19(20(32)15-12-14(28)9-10-18(15)37-21)27(31)16-7-5-6-8-17(16)30(3)25(27)35/h4-10,12H,1,11H2,2-3H3. The van der Waals surface area contributed by atoms with Crippen LogP contribution in [-0.4, -0.2) is 36.4 Å². The predicted molar refractivity (Wildman–Crippen MR) is 137 cm³/mol. The van der Waals surface area contributed by atoms with Crippen molar-refractivity contribution < 1.29 is 27.9 Å². The highest BCUT2D eigenvalue weighted by atomic mass is 32.1. The fourth-order valence-corrected chi connectivity index (χ4v) is 6.12. The molecule has 0 bridgehead atoms. The van der Waals surface area contributed by atoms with Gasteiger partial charge in [-0.05, 0) is 31.2 Å². The number of amides is 2. The molecule has 38 heavy (non-hydrogen) atoms. The number of likely N-dealkylation sites (N-methyl/N-ethyl adjacent to an activating group) is 1. The van der Waals surface area contributed by atoms with Crippen molar-refractivity contribution in [2.75, 3.05) is 23.5 Å². The summed E-state index contributed by atoms with van der Waals surface area (Å²) >= 11 is 0.852. The molecule has 2 aromatic carbocycles. The zero-order valence-corrected chi connectivity index (χ0v) is 20.9. The third-order valence-corrected chi connectivity index (χ3v) is 7.83. The van der Waals surface area contributed by atoms with Crippen molar-refractivity contribution in [1.29, 1.82) is 0 Å². The minimum atomic E-state index is -1.98. The van der Waals surface area contributed by atoms with Gasteiger partial charge in [0.25, 0.3) is 11.8 Å². The second-order valence-electron chi connectivity index (χ2n) is 8.81.